The number of nitrogens with one attached hydrogen (secondary N) is 1. The topological polar surface area (TPSA) is 96.0 Å². The molecule has 2 aliphatic rings. The molecule has 0 atom stereocenters. The van der Waals surface area contributed by atoms with Gasteiger partial charge in [0.05, 0.1) is 12.8 Å². The molecule has 2 fully saturated rings. The van der Waals surface area contributed by atoms with E-state index >= 15 is 0 Å². The summed E-state index contributed by atoms with van der Waals surface area (Å²) in [5.41, 5.74) is 1.12. The lowest BCUT2D eigenvalue weighted by molar-refractivity contribution is -0.117. The number of sulfonamides is 1. The van der Waals surface area contributed by atoms with Gasteiger partial charge >= 0.3 is 0 Å². The van der Waals surface area contributed by atoms with E-state index in [1.165, 1.54) is 17.5 Å². The van der Waals surface area contributed by atoms with E-state index < -0.39 is 15.9 Å². The van der Waals surface area contributed by atoms with Crippen molar-refractivity contribution in [2.24, 2.45) is 0 Å². The number of carbonyl (C=O) groups is 2. The van der Waals surface area contributed by atoms with Crippen LogP contribution in [0.2, 0.25) is 0 Å². The molecule has 4 rings (SSSR count). The van der Waals surface area contributed by atoms with Crippen LogP contribution < -0.4 is 15.0 Å². The van der Waals surface area contributed by atoms with E-state index in [0.29, 0.717) is 43.2 Å². The predicted octanol–water partition coefficient (Wildman–Crippen LogP) is 2.87. The van der Waals surface area contributed by atoms with Crippen molar-refractivity contribution in [2.45, 2.75) is 17.7 Å². The van der Waals surface area contributed by atoms with Crippen molar-refractivity contribution < 1.29 is 22.7 Å². The third-order valence-electron chi connectivity index (χ3n) is 5.23. The highest BCUT2D eigenvalue weighted by atomic mass is 32.2. The first-order valence-corrected chi connectivity index (χ1v) is 13.3. The van der Waals surface area contributed by atoms with Gasteiger partial charge in [0, 0.05) is 49.3 Å². The first-order chi connectivity index (χ1) is 14.9. The zero-order valence-electron chi connectivity index (χ0n) is 17.0. The third kappa shape index (κ3) is 4.45. The predicted molar refractivity (Wildman–Crippen MR) is 123 cm³/mol. The van der Waals surface area contributed by atoms with Crippen molar-refractivity contribution in [3.8, 4) is 5.75 Å². The highest BCUT2D eigenvalue weighted by molar-refractivity contribution is 7.99. The summed E-state index contributed by atoms with van der Waals surface area (Å²) in [6.45, 7) is 1.52. The van der Waals surface area contributed by atoms with Gasteiger partial charge in [-0.3, -0.25) is 9.59 Å². The van der Waals surface area contributed by atoms with Gasteiger partial charge in [-0.2, -0.15) is 16.1 Å². The normalized spacial score (nSPS) is 17.7. The Morgan fingerprint density at radius 1 is 1.16 bits per heavy atom. The van der Waals surface area contributed by atoms with Crippen LogP contribution in [0.25, 0.3) is 0 Å². The molecule has 11 heteroatoms. The molecule has 0 aliphatic carbocycles. The molecule has 0 unspecified atom stereocenters. The van der Waals surface area contributed by atoms with Crippen LogP contribution in [0.5, 0.6) is 5.75 Å². The smallest absolute Gasteiger partial charge is 0.267 e. The quantitative estimate of drug-likeness (QED) is 0.682. The van der Waals surface area contributed by atoms with Crippen molar-refractivity contribution in [3.63, 3.8) is 0 Å². The van der Waals surface area contributed by atoms with Crippen LogP contribution in [0.1, 0.15) is 22.5 Å². The fourth-order valence-corrected chi connectivity index (χ4v) is 7.53. The van der Waals surface area contributed by atoms with Gasteiger partial charge in [-0.05, 0) is 30.0 Å². The molecule has 1 N–H and O–H groups in total. The van der Waals surface area contributed by atoms with Crippen LogP contribution in [0, 0.1) is 0 Å². The second kappa shape index (κ2) is 9.19. The Balaban J connectivity index is 1.56. The number of ether oxygens (including phenoxy) is 1. The third-order valence-corrected chi connectivity index (χ3v) is 9.15. The minimum atomic E-state index is -3.72. The van der Waals surface area contributed by atoms with Gasteiger partial charge in [-0.25, -0.2) is 8.42 Å². The summed E-state index contributed by atoms with van der Waals surface area (Å²) in [5, 5.41) is 4.38. The number of carbonyl (C=O) groups excluding carboxylic acids is 2. The number of thioether (sulfide) groups is 1. The summed E-state index contributed by atoms with van der Waals surface area (Å²) >= 11 is 2.81. The van der Waals surface area contributed by atoms with Crippen LogP contribution in [-0.4, -0.2) is 62.8 Å². The maximum Gasteiger partial charge on any atom is 0.267 e. The molecule has 0 spiro atoms. The van der Waals surface area contributed by atoms with E-state index in [0.717, 1.165) is 29.3 Å². The molecule has 3 heterocycles. The van der Waals surface area contributed by atoms with E-state index in [1.807, 2.05) is 0 Å². The van der Waals surface area contributed by atoms with E-state index in [1.54, 1.807) is 40.2 Å². The molecule has 166 valence electrons. The monoisotopic (exact) mass is 481 g/mol. The maximum absolute atomic E-state index is 13.0. The Labute approximate surface area is 189 Å². The van der Waals surface area contributed by atoms with Gasteiger partial charge in [0.1, 0.15) is 15.5 Å². The fourth-order valence-electron chi connectivity index (χ4n) is 3.66. The van der Waals surface area contributed by atoms with Crippen LogP contribution in [0.15, 0.2) is 34.5 Å². The van der Waals surface area contributed by atoms with Crippen LogP contribution >= 0.6 is 23.1 Å². The first kappa shape index (κ1) is 22.1. The lowest BCUT2D eigenvalue weighted by Crippen LogP contribution is -2.38. The summed E-state index contributed by atoms with van der Waals surface area (Å²) in [6, 6.07) is 6.54. The van der Waals surface area contributed by atoms with E-state index in [9.17, 15) is 18.0 Å². The SMILES string of the molecule is COc1cc(NC(=O)c2sccc2S(=O)(=O)N2CCSCC2)ccc1N1CCCC1=O. The number of hydrogen-bond acceptors (Lipinski definition) is 7. The van der Waals surface area contributed by atoms with Gasteiger partial charge in [0.15, 0.2) is 0 Å². The highest BCUT2D eigenvalue weighted by Gasteiger charge is 2.31. The van der Waals surface area contributed by atoms with Gasteiger partial charge in [0.2, 0.25) is 15.9 Å². The standard InChI is InChI=1S/C20H23N3O5S3/c1-28-16-13-14(4-5-15(16)23-7-2-3-18(23)24)21-20(25)19-17(6-10-30-19)31(26,27)22-8-11-29-12-9-22/h4-6,10,13H,2-3,7-9,11-12H2,1H3,(H,21,25). The molecular formula is C20H23N3O5S3. The molecule has 31 heavy (non-hydrogen) atoms. The summed E-state index contributed by atoms with van der Waals surface area (Å²) in [7, 11) is -2.22. The number of benzene rings is 1. The Bertz CT molecular complexity index is 1090. The van der Waals surface area contributed by atoms with E-state index in [2.05, 4.69) is 5.32 Å². The zero-order chi connectivity index (χ0) is 22.0. The van der Waals surface area contributed by atoms with Crippen molar-refractivity contribution in [2.75, 3.05) is 48.5 Å². The second-order valence-electron chi connectivity index (χ2n) is 7.12. The molecule has 0 radical (unpaired) electrons. The second-order valence-corrected chi connectivity index (χ2v) is 11.2. The minimum Gasteiger partial charge on any atom is -0.494 e. The number of rotatable bonds is 6. The lowest BCUT2D eigenvalue weighted by atomic mass is 10.2. The van der Waals surface area contributed by atoms with Gasteiger partial charge in [0.25, 0.3) is 5.91 Å². The van der Waals surface area contributed by atoms with Crippen LogP contribution in [0.3, 0.4) is 0 Å². The molecule has 8 nitrogen and oxygen atoms in total. The Morgan fingerprint density at radius 2 is 1.94 bits per heavy atom. The summed E-state index contributed by atoms with van der Waals surface area (Å²) in [5.74, 6) is 1.51. The van der Waals surface area contributed by atoms with E-state index in [4.69, 9.17) is 4.74 Å². The van der Waals surface area contributed by atoms with Gasteiger partial charge in [-0.1, -0.05) is 0 Å². The average molecular weight is 482 g/mol. The molecule has 1 aromatic carbocycles. The zero-order valence-corrected chi connectivity index (χ0v) is 19.4. The minimum absolute atomic E-state index is 0.0353. The molecule has 0 saturated carbocycles. The summed E-state index contributed by atoms with van der Waals surface area (Å²) in [6.07, 6.45) is 1.30. The van der Waals surface area contributed by atoms with Crippen molar-refractivity contribution in [3.05, 3.63) is 34.5 Å². The number of methoxy groups -OCH3 is 1. The number of amides is 2. The maximum atomic E-state index is 13.0. The van der Waals surface area contributed by atoms with Crippen molar-refractivity contribution in [1.82, 2.24) is 4.31 Å². The van der Waals surface area contributed by atoms with E-state index in [-0.39, 0.29) is 15.7 Å². The van der Waals surface area contributed by atoms with Crippen LogP contribution in [-0.2, 0) is 14.8 Å². The molecule has 2 aromatic rings. The summed E-state index contributed by atoms with van der Waals surface area (Å²) in [4.78, 5) is 26.8. The number of thiophene rings is 1. The summed E-state index contributed by atoms with van der Waals surface area (Å²) < 4.78 is 32.9. The van der Waals surface area contributed by atoms with Crippen LogP contribution in [0.4, 0.5) is 11.4 Å². The average Bonchev–Trinajstić information content (AvgIpc) is 3.44. The highest BCUT2D eigenvalue weighted by Crippen LogP contribution is 2.34. The van der Waals surface area contributed by atoms with Crippen molar-refractivity contribution >= 4 is 56.3 Å². The van der Waals surface area contributed by atoms with Gasteiger partial charge in [-0.15, -0.1) is 11.3 Å². The molecule has 1 aromatic heterocycles. The molecule has 2 amide bonds. The number of anilines is 2. The lowest BCUT2D eigenvalue weighted by Gasteiger charge is -2.25. The van der Waals surface area contributed by atoms with Gasteiger partial charge < -0.3 is 15.0 Å². The van der Waals surface area contributed by atoms with Crippen molar-refractivity contribution in [1.29, 1.82) is 0 Å². The first-order valence-electron chi connectivity index (χ1n) is 9.87. The molecule has 2 saturated heterocycles. The largest absolute Gasteiger partial charge is 0.494 e. The number of nitrogens with zero attached hydrogens (tertiary/aromatic N) is 2. The Morgan fingerprint density at radius 3 is 2.61 bits per heavy atom. The molecular weight excluding hydrogens is 458 g/mol. The Kier molecular flexibility index (Phi) is 6.56. The molecule has 0 bridgehead atoms. The molecule has 2 aliphatic heterocycles. The fraction of sp³-hybridized carbons (Fsp3) is 0.400. The Hall–Kier alpha value is -2.08. The number of hydrogen-bond donors (Lipinski definition) is 1.